The molecule has 3 heterocycles. The Labute approximate surface area is 139 Å². The van der Waals surface area contributed by atoms with Gasteiger partial charge in [-0.1, -0.05) is 0 Å². The van der Waals surface area contributed by atoms with Crippen LogP contribution in [0.4, 0.5) is 0 Å². The maximum absolute atomic E-state index is 12.0. The van der Waals surface area contributed by atoms with Crippen molar-refractivity contribution in [2.75, 3.05) is 32.8 Å². The van der Waals surface area contributed by atoms with E-state index in [9.17, 15) is 4.79 Å². The maximum atomic E-state index is 12.0. The van der Waals surface area contributed by atoms with Crippen LogP contribution in [0.15, 0.2) is 30.0 Å². The third-order valence-corrected chi connectivity index (χ3v) is 4.56. The number of morpholine rings is 1. The quantitative estimate of drug-likeness (QED) is 0.762. The second-order valence-electron chi connectivity index (χ2n) is 5.44. The number of aromatic nitrogens is 3. The van der Waals surface area contributed by atoms with Crippen LogP contribution in [0.1, 0.15) is 17.5 Å². The van der Waals surface area contributed by atoms with Crippen molar-refractivity contribution in [3.63, 3.8) is 0 Å². The molecule has 1 amide bonds. The Morgan fingerprint density at radius 3 is 3.22 bits per heavy atom. The lowest BCUT2D eigenvalue weighted by Crippen LogP contribution is -2.44. The molecule has 2 aromatic heterocycles. The topological polar surface area (TPSA) is 72.3 Å². The first-order valence-corrected chi connectivity index (χ1v) is 8.67. The fraction of sp³-hybridized carbons (Fsp3) is 0.533. The highest BCUT2D eigenvalue weighted by Gasteiger charge is 2.24. The summed E-state index contributed by atoms with van der Waals surface area (Å²) in [6, 6.07) is 1.90. The standard InChI is InChI=1S/C15H21N5O2S/c21-14(16-3-1-6-20-7-2-4-18-20)12-19-8-9-22-13(11-19)15-17-5-10-23-15/h2,4-5,7,10,13H,1,3,6,8-9,11-12H2,(H,16,21)/t13-/m0/s1. The number of rotatable bonds is 7. The normalized spacial score (nSPS) is 18.9. The molecule has 1 saturated heterocycles. The van der Waals surface area contributed by atoms with Gasteiger partial charge in [-0.2, -0.15) is 5.10 Å². The molecule has 0 aliphatic carbocycles. The molecule has 1 aliphatic rings. The number of ether oxygens (including phenoxy) is 1. The first-order valence-electron chi connectivity index (χ1n) is 7.79. The van der Waals surface area contributed by atoms with Crippen molar-refractivity contribution in [3.05, 3.63) is 35.0 Å². The van der Waals surface area contributed by atoms with E-state index in [1.165, 1.54) is 0 Å². The molecule has 1 fully saturated rings. The highest BCUT2D eigenvalue weighted by Crippen LogP contribution is 2.23. The molecule has 1 aliphatic heterocycles. The van der Waals surface area contributed by atoms with Gasteiger partial charge in [-0.05, 0) is 12.5 Å². The molecule has 0 radical (unpaired) electrons. The van der Waals surface area contributed by atoms with E-state index in [1.807, 2.05) is 22.3 Å². The predicted octanol–water partition coefficient (Wildman–Crippen LogP) is 0.919. The maximum Gasteiger partial charge on any atom is 0.234 e. The summed E-state index contributed by atoms with van der Waals surface area (Å²) in [5.74, 6) is 0.0604. The van der Waals surface area contributed by atoms with Crippen molar-refractivity contribution < 1.29 is 9.53 Å². The molecule has 0 saturated carbocycles. The van der Waals surface area contributed by atoms with Crippen molar-refractivity contribution in [1.82, 2.24) is 25.0 Å². The molecule has 23 heavy (non-hydrogen) atoms. The van der Waals surface area contributed by atoms with Gasteiger partial charge in [0.2, 0.25) is 5.91 Å². The van der Waals surface area contributed by atoms with Gasteiger partial charge in [0.05, 0.1) is 13.2 Å². The average Bonchev–Trinajstić information content (AvgIpc) is 3.25. The Morgan fingerprint density at radius 1 is 1.48 bits per heavy atom. The average molecular weight is 335 g/mol. The summed E-state index contributed by atoms with van der Waals surface area (Å²) in [5, 5.41) is 10.0. The fourth-order valence-electron chi connectivity index (χ4n) is 2.55. The van der Waals surface area contributed by atoms with Gasteiger partial charge >= 0.3 is 0 Å². The molecule has 124 valence electrons. The molecule has 0 spiro atoms. The van der Waals surface area contributed by atoms with E-state index in [4.69, 9.17) is 4.74 Å². The molecule has 8 heteroatoms. The molecule has 1 N–H and O–H groups in total. The molecule has 3 rings (SSSR count). The highest BCUT2D eigenvalue weighted by atomic mass is 32.1. The number of carbonyl (C=O) groups is 1. The summed E-state index contributed by atoms with van der Waals surface area (Å²) in [6.45, 7) is 4.02. The predicted molar refractivity (Wildman–Crippen MR) is 87.1 cm³/mol. The number of nitrogens with zero attached hydrogens (tertiary/aromatic N) is 4. The summed E-state index contributed by atoms with van der Waals surface area (Å²) in [6.07, 6.45) is 6.33. The van der Waals surface area contributed by atoms with Crippen molar-refractivity contribution >= 4 is 17.2 Å². The number of carbonyl (C=O) groups excluding carboxylic acids is 1. The van der Waals surface area contributed by atoms with Gasteiger partial charge in [-0.3, -0.25) is 14.4 Å². The van der Waals surface area contributed by atoms with Crippen LogP contribution in [-0.2, 0) is 16.1 Å². The number of nitrogens with one attached hydrogen (secondary N) is 1. The number of amides is 1. The molecule has 0 bridgehead atoms. The Kier molecular flexibility index (Phi) is 5.73. The van der Waals surface area contributed by atoms with E-state index in [0.29, 0.717) is 26.2 Å². The summed E-state index contributed by atoms with van der Waals surface area (Å²) in [4.78, 5) is 18.5. The zero-order chi connectivity index (χ0) is 15.9. The smallest absolute Gasteiger partial charge is 0.234 e. The van der Waals surface area contributed by atoms with Gasteiger partial charge in [-0.15, -0.1) is 11.3 Å². The fourth-order valence-corrected chi connectivity index (χ4v) is 3.23. The van der Waals surface area contributed by atoms with Crippen LogP contribution in [0.2, 0.25) is 0 Å². The minimum Gasteiger partial charge on any atom is -0.368 e. The van der Waals surface area contributed by atoms with E-state index in [2.05, 4.69) is 20.3 Å². The van der Waals surface area contributed by atoms with E-state index in [1.54, 1.807) is 23.7 Å². The van der Waals surface area contributed by atoms with Crippen LogP contribution in [0.25, 0.3) is 0 Å². The number of thiazole rings is 1. The lowest BCUT2D eigenvalue weighted by Gasteiger charge is -2.31. The van der Waals surface area contributed by atoms with Crippen molar-refractivity contribution in [2.45, 2.75) is 19.1 Å². The lowest BCUT2D eigenvalue weighted by atomic mass is 10.2. The molecule has 0 unspecified atom stereocenters. The second kappa shape index (κ2) is 8.19. The SMILES string of the molecule is O=C(CN1CCO[C@H](c2nccs2)C1)NCCCn1cccn1. The Morgan fingerprint density at radius 2 is 2.43 bits per heavy atom. The van der Waals surface area contributed by atoms with E-state index in [-0.39, 0.29) is 12.0 Å². The van der Waals surface area contributed by atoms with Gasteiger partial charge in [0.15, 0.2) is 0 Å². The summed E-state index contributed by atoms with van der Waals surface area (Å²) in [5.41, 5.74) is 0. The van der Waals surface area contributed by atoms with Crippen LogP contribution in [0.5, 0.6) is 0 Å². The van der Waals surface area contributed by atoms with E-state index in [0.717, 1.165) is 24.5 Å². The molecule has 2 aromatic rings. The number of aryl methyl sites for hydroxylation is 1. The summed E-state index contributed by atoms with van der Waals surface area (Å²) < 4.78 is 7.61. The lowest BCUT2D eigenvalue weighted by molar-refractivity contribution is -0.124. The minimum absolute atomic E-state index is 0.0173. The highest BCUT2D eigenvalue weighted by molar-refractivity contribution is 7.09. The van der Waals surface area contributed by atoms with Gasteiger partial charge in [-0.25, -0.2) is 4.98 Å². The van der Waals surface area contributed by atoms with Crippen LogP contribution >= 0.6 is 11.3 Å². The summed E-state index contributed by atoms with van der Waals surface area (Å²) >= 11 is 1.59. The molecular weight excluding hydrogens is 314 g/mol. The van der Waals surface area contributed by atoms with Gasteiger partial charge in [0, 0.05) is 50.1 Å². The van der Waals surface area contributed by atoms with E-state index >= 15 is 0 Å². The van der Waals surface area contributed by atoms with E-state index < -0.39 is 0 Å². The van der Waals surface area contributed by atoms with Crippen LogP contribution < -0.4 is 5.32 Å². The second-order valence-corrected chi connectivity index (χ2v) is 6.36. The van der Waals surface area contributed by atoms with Gasteiger partial charge in [0.25, 0.3) is 0 Å². The van der Waals surface area contributed by atoms with Gasteiger partial charge in [0.1, 0.15) is 11.1 Å². The third-order valence-electron chi connectivity index (χ3n) is 3.69. The zero-order valence-corrected chi connectivity index (χ0v) is 13.7. The van der Waals surface area contributed by atoms with Crippen molar-refractivity contribution in [2.24, 2.45) is 0 Å². The van der Waals surface area contributed by atoms with Crippen LogP contribution in [0.3, 0.4) is 0 Å². The number of hydrogen-bond acceptors (Lipinski definition) is 6. The van der Waals surface area contributed by atoms with Crippen LogP contribution in [0, 0.1) is 0 Å². The number of hydrogen-bond donors (Lipinski definition) is 1. The third kappa shape index (κ3) is 4.85. The van der Waals surface area contributed by atoms with Crippen LogP contribution in [-0.4, -0.2) is 58.4 Å². The molecule has 1 atom stereocenters. The zero-order valence-electron chi connectivity index (χ0n) is 12.9. The molecule has 7 nitrogen and oxygen atoms in total. The Balaban J connectivity index is 1.36. The van der Waals surface area contributed by atoms with Gasteiger partial charge < -0.3 is 10.1 Å². The largest absolute Gasteiger partial charge is 0.368 e. The molecule has 0 aromatic carbocycles. The Hall–Kier alpha value is -1.77. The monoisotopic (exact) mass is 335 g/mol. The first-order chi connectivity index (χ1) is 11.3. The Bertz CT molecular complexity index is 587. The molecular formula is C15H21N5O2S. The first kappa shape index (κ1) is 16.1. The van der Waals surface area contributed by atoms with Crippen molar-refractivity contribution in [3.8, 4) is 0 Å². The summed E-state index contributed by atoms with van der Waals surface area (Å²) in [7, 11) is 0. The van der Waals surface area contributed by atoms with Crippen molar-refractivity contribution in [1.29, 1.82) is 0 Å². The minimum atomic E-state index is -0.0173.